The molecule has 7 heteroatoms. The SMILES string of the molecule is CCOC(=O)C1=C(CN2CCN(c3ccccc3)CC2)NC(=O)N[C@H]1C. The molecule has 1 atom stereocenters. The van der Waals surface area contributed by atoms with E-state index in [1.165, 1.54) is 5.69 Å². The number of esters is 1. The lowest BCUT2D eigenvalue weighted by Gasteiger charge is -2.37. The number of benzene rings is 1. The molecule has 0 aliphatic carbocycles. The van der Waals surface area contributed by atoms with E-state index in [4.69, 9.17) is 4.74 Å². The van der Waals surface area contributed by atoms with Crippen LogP contribution in [0.15, 0.2) is 41.6 Å². The van der Waals surface area contributed by atoms with Gasteiger partial charge < -0.3 is 20.3 Å². The van der Waals surface area contributed by atoms with Gasteiger partial charge in [-0.1, -0.05) is 18.2 Å². The molecule has 0 aromatic heterocycles. The monoisotopic (exact) mass is 358 g/mol. The summed E-state index contributed by atoms with van der Waals surface area (Å²) in [5.41, 5.74) is 2.38. The highest BCUT2D eigenvalue weighted by molar-refractivity contribution is 5.94. The number of amides is 2. The molecular weight excluding hydrogens is 332 g/mol. The average molecular weight is 358 g/mol. The zero-order valence-electron chi connectivity index (χ0n) is 15.3. The summed E-state index contributed by atoms with van der Waals surface area (Å²) in [4.78, 5) is 28.8. The van der Waals surface area contributed by atoms with E-state index in [9.17, 15) is 9.59 Å². The molecule has 2 aliphatic rings. The van der Waals surface area contributed by atoms with E-state index in [0.29, 0.717) is 24.4 Å². The molecule has 0 spiro atoms. The molecule has 1 aromatic rings. The second kappa shape index (κ2) is 8.23. The third kappa shape index (κ3) is 4.16. The van der Waals surface area contributed by atoms with Crippen LogP contribution in [0.4, 0.5) is 10.5 Å². The van der Waals surface area contributed by atoms with E-state index < -0.39 is 0 Å². The second-order valence-electron chi connectivity index (χ2n) is 6.53. The van der Waals surface area contributed by atoms with Crippen LogP contribution in [0.2, 0.25) is 0 Å². The molecule has 0 unspecified atom stereocenters. The maximum Gasteiger partial charge on any atom is 0.337 e. The smallest absolute Gasteiger partial charge is 0.337 e. The minimum Gasteiger partial charge on any atom is -0.463 e. The van der Waals surface area contributed by atoms with E-state index in [2.05, 4.69) is 32.6 Å². The molecular formula is C19H26N4O3. The highest BCUT2D eigenvalue weighted by Crippen LogP contribution is 2.18. The van der Waals surface area contributed by atoms with E-state index in [1.807, 2.05) is 18.2 Å². The minimum absolute atomic E-state index is 0.275. The van der Waals surface area contributed by atoms with Crippen LogP contribution in [0.1, 0.15) is 13.8 Å². The molecule has 7 nitrogen and oxygen atoms in total. The van der Waals surface area contributed by atoms with Crippen molar-refractivity contribution in [2.24, 2.45) is 0 Å². The average Bonchev–Trinajstić information content (AvgIpc) is 2.63. The molecule has 2 aliphatic heterocycles. The van der Waals surface area contributed by atoms with Crippen molar-refractivity contribution in [3.8, 4) is 0 Å². The summed E-state index contributed by atoms with van der Waals surface area (Å²) in [7, 11) is 0. The van der Waals surface area contributed by atoms with Crippen LogP contribution in [0.25, 0.3) is 0 Å². The topological polar surface area (TPSA) is 73.9 Å². The molecule has 1 aromatic carbocycles. The Balaban J connectivity index is 1.67. The highest BCUT2D eigenvalue weighted by atomic mass is 16.5. The standard InChI is InChI=1S/C19H26N4O3/c1-3-26-18(24)17-14(2)20-19(25)21-16(17)13-22-9-11-23(12-10-22)15-7-5-4-6-8-15/h4-8,14H,3,9-13H2,1-2H3,(H2,20,21,25)/t14-/m0/s1. The first-order chi connectivity index (χ1) is 12.6. The molecule has 1 fully saturated rings. The second-order valence-corrected chi connectivity index (χ2v) is 6.53. The third-order valence-corrected chi connectivity index (χ3v) is 4.74. The zero-order valence-corrected chi connectivity index (χ0v) is 15.3. The maximum atomic E-state index is 12.3. The summed E-state index contributed by atoms with van der Waals surface area (Å²) in [6.45, 7) is 7.99. The maximum absolute atomic E-state index is 12.3. The molecule has 0 bridgehead atoms. The van der Waals surface area contributed by atoms with Crippen LogP contribution >= 0.6 is 0 Å². The van der Waals surface area contributed by atoms with Crippen molar-refractivity contribution in [2.45, 2.75) is 19.9 Å². The first kappa shape index (κ1) is 18.3. The molecule has 2 heterocycles. The molecule has 2 N–H and O–H groups in total. The van der Waals surface area contributed by atoms with Gasteiger partial charge in [0.2, 0.25) is 0 Å². The minimum atomic E-state index is -0.370. The van der Waals surface area contributed by atoms with Gasteiger partial charge in [0.15, 0.2) is 0 Å². The summed E-state index contributed by atoms with van der Waals surface area (Å²) < 4.78 is 5.17. The number of rotatable bonds is 5. The molecule has 0 saturated carbocycles. The van der Waals surface area contributed by atoms with Crippen molar-refractivity contribution in [1.82, 2.24) is 15.5 Å². The Morgan fingerprint density at radius 2 is 1.88 bits per heavy atom. The highest BCUT2D eigenvalue weighted by Gasteiger charge is 2.31. The van der Waals surface area contributed by atoms with Gasteiger partial charge in [-0.2, -0.15) is 0 Å². The lowest BCUT2D eigenvalue weighted by molar-refractivity contribution is -0.139. The van der Waals surface area contributed by atoms with Crippen LogP contribution in [-0.2, 0) is 9.53 Å². The molecule has 0 radical (unpaired) electrons. The number of para-hydroxylation sites is 1. The number of nitrogens with zero attached hydrogens (tertiary/aromatic N) is 2. The molecule has 3 rings (SSSR count). The molecule has 1 saturated heterocycles. The van der Waals surface area contributed by atoms with Gasteiger partial charge in [0.1, 0.15) is 0 Å². The Morgan fingerprint density at radius 1 is 1.19 bits per heavy atom. The number of anilines is 1. The number of hydrogen-bond acceptors (Lipinski definition) is 5. The predicted molar refractivity (Wildman–Crippen MR) is 99.9 cm³/mol. The van der Waals surface area contributed by atoms with Gasteiger partial charge in [-0.3, -0.25) is 4.90 Å². The molecule has 26 heavy (non-hydrogen) atoms. The Labute approximate surface area is 154 Å². The number of nitrogens with one attached hydrogen (secondary N) is 2. The van der Waals surface area contributed by atoms with Crippen LogP contribution < -0.4 is 15.5 Å². The largest absolute Gasteiger partial charge is 0.463 e. The summed E-state index contributed by atoms with van der Waals surface area (Å²) in [6.07, 6.45) is 0. The van der Waals surface area contributed by atoms with Crippen LogP contribution in [-0.4, -0.2) is 62.3 Å². The van der Waals surface area contributed by atoms with Gasteiger partial charge in [0.05, 0.1) is 18.2 Å². The van der Waals surface area contributed by atoms with E-state index in [1.54, 1.807) is 13.8 Å². The predicted octanol–water partition coefficient (Wildman–Crippen LogP) is 1.33. The Hall–Kier alpha value is -2.54. The summed E-state index contributed by atoms with van der Waals surface area (Å²) in [5.74, 6) is -0.370. The van der Waals surface area contributed by atoms with Gasteiger partial charge >= 0.3 is 12.0 Å². The van der Waals surface area contributed by atoms with E-state index in [0.717, 1.165) is 26.2 Å². The molecule has 2 amide bonds. The van der Waals surface area contributed by atoms with Gasteiger partial charge in [0, 0.05) is 44.1 Å². The summed E-state index contributed by atoms with van der Waals surface area (Å²) >= 11 is 0. The first-order valence-electron chi connectivity index (χ1n) is 9.08. The number of urea groups is 1. The van der Waals surface area contributed by atoms with Crippen LogP contribution in [0.3, 0.4) is 0 Å². The Bertz CT molecular complexity index is 681. The van der Waals surface area contributed by atoms with E-state index >= 15 is 0 Å². The van der Waals surface area contributed by atoms with Crippen molar-refractivity contribution in [2.75, 3.05) is 44.2 Å². The summed E-state index contributed by atoms with van der Waals surface area (Å²) in [5, 5.41) is 5.53. The van der Waals surface area contributed by atoms with Crippen molar-refractivity contribution < 1.29 is 14.3 Å². The van der Waals surface area contributed by atoms with Gasteiger partial charge in [-0.05, 0) is 26.0 Å². The van der Waals surface area contributed by atoms with Crippen molar-refractivity contribution in [3.05, 3.63) is 41.6 Å². The Morgan fingerprint density at radius 3 is 2.54 bits per heavy atom. The lowest BCUT2D eigenvalue weighted by atomic mass is 10.0. The fraction of sp³-hybridized carbons (Fsp3) is 0.474. The summed E-state index contributed by atoms with van der Waals surface area (Å²) in [6, 6.07) is 9.71. The van der Waals surface area contributed by atoms with Crippen molar-refractivity contribution >= 4 is 17.7 Å². The zero-order chi connectivity index (χ0) is 18.5. The number of hydrogen-bond donors (Lipinski definition) is 2. The van der Waals surface area contributed by atoms with Gasteiger partial charge in [-0.25, -0.2) is 9.59 Å². The fourth-order valence-electron chi connectivity index (χ4n) is 3.43. The molecule has 140 valence electrons. The fourth-order valence-corrected chi connectivity index (χ4v) is 3.43. The first-order valence-corrected chi connectivity index (χ1v) is 9.08. The van der Waals surface area contributed by atoms with Gasteiger partial charge in [0.25, 0.3) is 0 Å². The van der Waals surface area contributed by atoms with Gasteiger partial charge in [-0.15, -0.1) is 0 Å². The Kier molecular flexibility index (Phi) is 5.78. The lowest BCUT2D eigenvalue weighted by Crippen LogP contribution is -2.53. The van der Waals surface area contributed by atoms with Crippen LogP contribution in [0, 0.1) is 0 Å². The number of carbonyl (C=O) groups excluding carboxylic acids is 2. The van der Waals surface area contributed by atoms with Crippen molar-refractivity contribution in [3.63, 3.8) is 0 Å². The normalized spacial score (nSPS) is 21.2. The van der Waals surface area contributed by atoms with Crippen molar-refractivity contribution in [1.29, 1.82) is 0 Å². The number of carbonyl (C=O) groups is 2. The number of ether oxygens (including phenoxy) is 1. The quantitative estimate of drug-likeness (QED) is 0.777. The third-order valence-electron chi connectivity index (χ3n) is 4.74. The van der Waals surface area contributed by atoms with E-state index in [-0.39, 0.29) is 18.0 Å². The number of piperazine rings is 1. The van der Waals surface area contributed by atoms with Crippen LogP contribution in [0.5, 0.6) is 0 Å².